The highest BCUT2D eigenvalue weighted by atomic mass is 35.5. The van der Waals surface area contributed by atoms with E-state index >= 15 is 0 Å². The number of nitrogens with one attached hydrogen (secondary N) is 1. The minimum Gasteiger partial charge on any atom is -0.353 e. The molecule has 1 aliphatic rings. The van der Waals surface area contributed by atoms with E-state index in [-0.39, 0.29) is 10.8 Å². The second kappa shape index (κ2) is 9.13. The lowest BCUT2D eigenvalue weighted by molar-refractivity contribution is 0.0746. The third-order valence-corrected chi connectivity index (χ3v) is 6.71. The molecule has 1 fully saturated rings. The number of carbonyl (C=O) groups is 1. The van der Waals surface area contributed by atoms with Gasteiger partial charge in [-0.25, -0.2) is 17.8 Å². The molecule has 1 aliphatic heterocycles. The van der Waals surface area contributed by atoms with Crippen LogP contribution in [-0.2, 0) is 10.0 Å². The molecule has 0 aliphatic carbocycles. The summed E-state index contributed by atoms with van der Waals surface area (Å²) in [5, 5.41) is 0.427. The maximum absolute atomic E-state index is 13.0. The number of halogens is 2. The highest BCUT2D eigenvalue weighted by Crippen LogP contribution is 2.20. The van der Waals surface area contributed by atoms with Crippen molar-refractivity contribution in [2.45, 2.75) is 4.90 Å². The third kappa shape index (κ3) is 5.00. The van der Waals surface area contributed by atoms with Gasteiger partial charge in [0, 0.05) is 37.4 Å². The Morgan fingerprint density at radius 2 is 1.59 bits per heavy atom. The molecule has 3 aromatic rings. The van der Waals surface area contributed by atoms with Crippen molar-refractivity contribution in [2.24, 2.45) is 0 Å². The number of benzene rings is 2. The number of hydrogen-bond acceptors (Lipinski definition) is 5. The number of hydrogen-bond donors (Lipinski definition) is 1. The molecule has 0 saturated carbocycles. The number of sulfonamides is 1. The van der Waals surface area contributed by atoms with E-state index in [1.165, 1.54) is 24.3 Å². The number of aromatic nitrogens is 1. The standard InChI is InChI=1S/C22H20ClFN4O3S/c23-20-2-1-3-21(25-20)27-12-14-28(15-13-27)22(29)16-4-8-18(9-5-16)26-32(30,31)19-10-6-17(24)7-11-19/h1-11,26H,12-15H2. The molecule has 2 aromatic carbocycles. The fourth-order valence-corrected chi connectivity index (χ4v) is 4.62. The van der Waals surface area contributed by atoms with Crippen molar-refractivity contribution < 1.29 is 17.6 Å². The molecule has 32 heavy (non-hydrogen) atoms. The van der Waals surface area contributed by atoms with Gasteiger partial charge in [0.15, 0.2) is 0 Å². The summed E-state index contributed by atoms with van der Waals surface area (Å²) in [6, 6.07) is 16.2. The number of carbonyl (C=O) groups excluding carboxylic acids is 1. The van der Waals surface area contributed by atoms with Gasteiger partial charge in [-0.05, 0) is 60.7 Å². The summed E-state index contributed by atoms with van der Waals surface area (Å²) < 4.78 is 40.3. The Bertz CT molecular complexity index is 1210. The van der Waals surface area contributed by atoms with Crippen molar-refractivity contribution >= 4 is 39.0 Å². The van der Waals surface area contributed by atoms with E-state index in [1.54, 1.807) is 23.1 Å². The number of piperazine rings is 1. The zero-order valence-electron chi connectivity index (χ0n) is 16.9. The average molecular weight is 475 g/mol. The average Bonchev–Trinajstić information content (AvgIpc) is 2.79. The van der Waals surface area contributed by atoms with Crippen LogP contribution in [0, 0.1) is 5.82 Å². The van der Waals surface area contributed by atoms with Crippen molar-refractivity contribution in [3.05, 3.63) is 83.3 Å². The first-order valence-electron chi connectivity index (χ1n) is 9.87. The van der Waals surface area contributed by atoms with Crippen LogP contribution in [0.4, 0.5) is 15.9 Å². The summed E-state index contributed by atoms with van der Waals surface area (Å²) in [5.41, 5.74) is 0.770. The van der Waals surface area contributed by atoms with Crippen LogP contribution in [-0.4, -0.2) is 50.4 Å². The topological polar surface area (TPSA) is 82.6 Å². The lowest BCUT2D eigenvalue weighted by Crippen LogP contribution is -2.49. The molecule has 1 aromatic heterocycles. The van der Waals surface area contributed by atoms with E-state index in [0.717, 1.165) is 18.0 Å². The number of amides is 1. The smallest absolute Gasteiger partial charge is 0.261 e. The molecule has 1 N–H and O–H groups in total. The molecule has 0 radical (unpaired) electrons. The second-order valence-electron chi connectivity index (χ2n) is 7.23. The number of rotatable bonds is 5. The van der Waals surface area contributed by atoms with Crippen molar-refractivity contribution in [3.63, 3.8) is 0 Å². The molecule has 0 atom stereocenters. The summed E-state index contributed by atoms with van der Waals surface area (Å²) >= 11 is 5.96. The lowest BCUT2D eigenvalue weighted by atomic mass is 10.1. The Labute approximate surface area is 190 Å². The fourth-order valence-electron chi connectivity index (χ4n) is 3.40. The lowest BCUT2D eigenvalue weighted by Gasteiger charge is -2.35. The number of nitrogens with zero attached hydrogens (tertiary/aromatic N) is 3. The van der Waals surface area contributed by atoms with Gasteiger partial charge in [-0.3, -0.25) is 9.52 Å². The third-order valence-electron chi connectivity index (χ3n) is 5.10. The van der Waals surface area contributed by atoms with Crippen molar-refractivity contribution in [2.75, 3.05) is 35.8 Å². The molecule has 7 nitrogen and oxygen atoms in total. The van der Waals surface area contributed by atoms with Crippen LogP contribution >= 0.6 is 11.6 Å². The number of pyridine rings is 1. The van der Waals surface area contributed by atoms with E-state index in [2.05, 4.69) is 14.6 Å². The van der Waals surface area contributed by atoms with Crippen LogP contribution < -0.4 is 9.62 Å². The zero-order chi connectivity index (χ0) is 22.7. The van der Waals surface area contributed by atoms with Crippen molar-refractivity contribution in [1.29, 1.82) is 0 Å². The summed E-state index contributed by atoms with van der Waals surface area (Å²) in [7, 11) is -3.85. The molecule has 0 unspecified atom stereocenters. The van der Waals surface area contributed by atoms with E-state index < -0.39 is 15.8 Å². The maximum atomic E-state index is 13.0. The van der Waals surface area contributed by atoms with Crippen LogP contribution in [0.5, 0.6) is 0 Å². The highest BCUT2D eigenvalue weighted by Gasteiger charge is 2.23. The van der Waals surface area contributed by atoms with Crippen molar-refractivity contribution in [3.8, 4) is 0 Å². The maximum Gasteiger partial charge on any atom is 0.261 e. The molecule has 1 saturated heterocycles. The quantitative estimate of drug-likeness (QED) is 0.571. The van der Waals surface area contributed by atoms with E-state index in [0.29, 0.717) is 42.6 Å². The summed E-state index contributed by atoms with van der Waals surface area (Å²) in [6.45, 7) is 2.33. The van der Waals surface area contributed by atoms with Crippen LogP contribution in [0.2, 0.25) is 5.15 Å². The first kappa shape index (κ1) is 22.0. The Morgan fingerprint density at radius 3 is 2.22 bits per heavy atom. The van der Waals surface area contributed by atoms with Gasteiger partial charge < -0.3 is 9.80 Å². The van der Waals surface area contributed by atoms with Gasteiger partial charge in [-0.15, -0.1) is 0 Å². The molecule has 0 bridgehead atoms. The normalized spacial score (nSPS) is 14.3. The van der Waals surface area contributed by atoms with Gasteiger partial charge in [-0.1, -0.05) is 17.7 Å². The molecule has 166 valence electrons. The second-order valence-corrected chi connectivity index (χ2v) is 9.30. The minimum atomic E-state index is -3.85. The molecule has 10 heteroatoms. The van der Waals surface area contributed by atoms with Crippen LogP contribution in [0.1, 0.15) is 10.4 Å². The predicted molar refractivity (Wildman–Crippen MR) is 121 cm³/mol. The fraction of sp³-hybridized carbons (Fsp3) is 0.182. The van der Waals surface area contributed by atoms with E-state index in [9.17, 15) is 17.6 Å². The first-order chi connectivity index (χ1) is 15.3. The van der Waals surface area contributed by atoms with E-state index in [4.69, 9.17) is 11.6 Å². The van der Waals surface area contributed by atoms with E-state index in [1.807, 2.05) is 12.1 Å². The van der Waals surface area contributed by atoms with Gasteiger partial charge in [0.05, 0.1) is 4.90 Å². The van der Waals surface area contributed by atoms with Gasteiger partial charge in [0.2, 0.25) is 0 Å². The van der Waals surface area contributed by atoms with Gasteiger partial charge in [-0.2, -0.15) is 0 Å². The molecular weight excluding hydrogens is 455 g/mol. The van der Waals surface area contributed by atoms with Crippen LogP contribution in [0.3, 0.4) is 0 Å². The predicted octanol–water partition coefficient (Wildman–Crippen LogP) is 3.64. The Morgan fingerprint density at radius 1 is 0.938 bits per heavy atom. The minimum absolute atomic E-state index is 0.0499. The molecule has 1 amide bonds. The van der Waals surface area contributed by atoms with Gasteiger partial charge in [0.1, 0.15) is 16.8 Å². The molecular formula is C22H20ClFN4O3S. The van der Waals surface area contributed by atoms with Gasteiger partial charge in [0.25, 0.3) is 15.9 Å². The highest BCUT2D eigenvalue weighted by molar-refractivity contribution is 7.92. The monoisotopic (exact) mass is 474 g/mol. The summed E-state index contributed by atoms with van der Waals surface area (Å²) in [5.74, 6) is 0.135. The summed E-state index contributed by atoms with van der Waals surface area (Å²) in [6.07, 6.45) is 0. The van der Waals surface area contributed by atoms with Crippen LogP contribution in [0.25, 0.3) is 0 Å². The van der Waals surface area contributed by atoms with Crippen molar-refractivity contribution in [1.82, 2.24) is 9.88 Å². The Kier molecular flexibility index (Phi) is 6.29. The van der Waals surface area contributed by atoms with Crippen LogP contribution in [0.15, 0.2) is 71.6 Å². The Hall–Kier alpha value is -3.17. The SMILES string of the molecule is O=C(c1ccc(NS(=O)(=O)c2ccc(F)cc2)cc1)N1CCN(c2cccc(Cl)n2)CC1. The molecule has 0 spiro atoms. The zero-order valence-corrected chi connectivity index (χ0v) is 18.5. The Balaban J connectivity index is 1.38. The largest absolute Gasteiger partial charge is 0.353 e. The number of anilines is 2. The van der Waals surface area contributed by atoms with Gasteiger partial charge >= 0.3 is 0 Å². The summed E-state index contributed by atoms with van der Waals surface area (Å²) in [4.78, 5) is 20.9. The first-order valence-corrected chi connectivity index (χ1v) is 11.7. The molecule has 2 heterocycles. The molecule has 4 rings (SSSR count).